The largest absolute Gasteiger partial charge is 0.419 e. The van der Waals surface area contributed by atoms with Crippen molar-refractivity contribution in [3.05, 3.63) is 40.9 Å². The standard InChI is InChI=1S/C14H16N2O4S/c1-3-10-5-4-8-16(10)21(18,19)11-6-7-12-13(9-11)20-14(17)15(12)2/h4-7,9-10H,3,8H2,1-2H3. The molecule has 0 aliphatic carbocycles. The Morgan fingerprint density at radius 3 is 2.86 bits per heavy atom. The van der Waals surface area contributed by atoms with E-state index in [0.29, 0.717) is 12.1 Å². The maximum absolute atomic E-state index is 12.7. The first-order valence-corrected chi connectivity index (χ1v) is 8.17. The summed E-state index contributed by atoms with van der Waals surface area (Å²) in [5.41, 5.74) is 0.856. The van der Waals surface area contributed by atoms with Gasteiger partial charge in [-0.15, -0.1) is 0 Å². The molecule has 0 saturated heterocycles. The molecule has 1 aromatic heterocycles. The predicted molar refractivity (Wildman–Crippen MR) is 78.6 cm³/mol. The molecule has 0 saturated carbocycles. The van der Waals surface area contributed by atoms with Crippen molar-refractivity contribution in [2.45, 2.75) is 24.3 Å². The van der Waals surface area contributed by atoms with Crippen LogP contribution in [0, 0.1) is 0 Å². The Bertz CT molecular complexity index is 876. The second-order valence-corrected chi connectivity index (χ2v) is 6.93. The van der Waals surface area contributed by atoms with Gasteiger partial charge in [0.05, 0.1) is 10.4 Å². The SMILES string of the molecule is CCC1C=CCN1S(=O)(=O)c1ccc2c(c1)oc(=O)n2C. The monoisotopic (exact) mass is 308 g/mol. The third kappa shape index (κ3) is 2.13. The summed E-state index contributed by atoms with van der Waals surface area (Å²) >= 11 is 0. The van der Waals surface area contributed by atoms with Gasteiger partial charge in [-0.25, -0.2) is 13.2 Å². The molecule has 6 nitrogen and oxygen atoms in total. The van der Waals surface area contributed by atoms with Crippen LogP contribution in [-0.2, 0) is 17.1 Å². The number of rotatable bonds is 3. The highest BCUT2D eigenvalue weighted by molar-refractivity contribution is 7.89. The van der Waals surface area contributed by atoms with Crippen LogP contribution in [0.1, 0.15) is 13.3 Å². The fraction of sp³-hybridized carbons (Fsp3) is 0.357. The Kier molecular flexibility index (Phi) is 3.26. The normalized spacial score (nSPS) is 19.6. The highest BCUT2D eigenvalue weighted by atomic mass is 32.2. The minimum Gasteiger partial charge on any atom is -0.408 e. The molecule has 21 heavy (non-hydrogen) atoms. The van der Waals surface area contributed by atoms with Crippen molar-refractivity contribution in [2.75, 3.05) is 6.54 Å². The number of aromatic nitrogens is 1. The smallest absolute Gasteiger partial charge is 0.408 e. The van der Waals surface area contributed by atoms with Crippen LogP contribution in [0.25, 0.3) is 11.1 Å². The van der Waals surface area contributed by atoms with Crippen LogP contribution in [-0.4, -0.2) is 29.9 Å². The second-order valence-electron chi connectivity index (χ2n) is 5.03. The third-order valence-electron chi connectivity index (χ3n) is 3.80. The van der Waals surface area contributed by atoms with E-state index in [-0.39, 0.29) is 16.5 Å². The number of fused-ring (bicyclic) bond motifs is 1. The van der Waals surface area contributed by atoms with Gasteiger partial charge < -0.3 is 4.42 Å². The molecule has 0 N–H and O–H groups in total. The van der Waals surface area contributed by atoms with E-state index >= 15 is 0 Å². The van der Waals surface area contributed by atoms with Gasteiger partial charge >= 0.3 is 5.76 Å². The molecule has 0 bridgehead atoms. The van der Waals surface area contributed by atoms with Gasteiger partial charge in [0.2, 0.25) is 10.0 Å². The van der Waals surface area contributed by atoms with Gasteiger partial charge in [-0.3, -0.25) is 4.57 Å². The van der Waals surface area contributed by atoms with E-state index in [4.69, 9.17) is 4.42 Å². The topological polar surface area (TPSA) is 72.5 Å². The van der Waals surface area contributed by atoms with Crippen molar-refractivity contribution < 1.29 is 12.8 Å². The molecule has 1 atom stereocenters. The Labute approximate surface area is 122 Å². The zero-order valence-corrected chi connectivity index (χ0v) is 12.6. The molecule has 7 heteroatoms. The second kappa shape index (κ2) is 4.85. The molecule has 1 aromatic carbocycles. The van der Waals surface area contributed by atoms with Crippen LogP contribution in [0.4, 0.5) is 0 Å². The van der Waals surface area contributed by atoms with E-state index in [2.05, 4.69) is 0 Å². The fourth-order valence-electron chi connectivity index (χ4n) is 2.58. The van der Waals surface area contributed by atoms with Gasteiger partial charge in [0.25, 0.3) is 0 Å². The number of nitrogens with zero attached hydrogens (tertiary/aromatic N) is 2. The summed E-state index contributed by atoms with van der Waals surface area (Å²) in [5, 5.41) is 0. The van der Waals surface area contributed by atoms with Crippen molar-refractivity contribution in [3.8, 4) is 0 Å². The van der Waals surface area contributed by atoms with Gasteiger partial charge in [0.1, 0.15) is 0 Å². The first kappa shape index (κ1) is 14.1. The first-order valence-electron chi connectivity index (χ1n) is 6.73. The molecule has 3 rings (SSSR count). The summed E-state index contributed by atoms with van der Waals surface area (Å²) in [5.74, 6) is -0.506. The molecule has 112 valence electrons. The molecule has 0 fully saturated rings. The highest BCUT2D eigenvalue weighted by Crippen LogP contribution is 2.26. The number of benzene rings is 1. The molecule has 1 aliphatic heterocycles. The Balaban J connectivity index is 2.09. The Morgan fingerprint density at radius 2 is 2.14 bits per heavy atom. The maximum Gasteiger partial charge on any atom is 0.419 e. The van der Waals surface area contributed by atoms with Gasteiger partial charge in [0, 0.05) is 25.7 Å². The zero-order valence-electron chi connectivity index (χ0n) is 11.8. The van der Waals surface area contributed by atoms with Crippen molar-refractivity contribution >= 4 is 21.1 Å². The number of sulfonamides is 1. The summed E-state index contributed by atoms with van der Waals surface area (Å²) in [6.07, 6.45) is 4.48. The summed E-state index contributed by atoms with van der Waals surface area (Å²) in [6, 6.07) is 4.40. The van der Waals surface area contributed by atoms with Crippen molar-refractivity contribution in [2.24, 2.45) is 7.05 Å². The fourth-order valence-corrected chi connectivity index (χ4v) is 4.20. The lowest BCUT2D eigenvalue weighted by molar-refractivity contribution is 0.402. The van der Waals surface area contributed by atoms with Gasteiger partial charge in [-0.05, 0) is 18.6 Å². The predicted octanol–water partition coefficient (Wildman–Crippen LogP) is 1.47. The van der Waals surface area contributed by atoms with Crippen molar-refractivity contribution in [1.29, 1.82) is 0 Å². The van der Waals surface area contributed by atoms with E-state index in [9.17, 15) is 13.2 Å². The van der Waals surface area contributed by atoms with E-state index in [0.717, 1.165) is 6.42 Å². The summed E-state index contributed by atoms with van der Waals surface area (Å²) in [4.78, 5) is 11.6. The maximum atomic E-state index is 12.7. The number of oxazole rings is 1. The number of aryl methyl sites for hydroxylation is 1. The van der Waals surface area contributed by atoms with Crippen LogP contribution in [0.5, 0.6) is 0 Å². The lowest BCUT2D eigenvalue weighted by Gasteiger charge is -2.22. The highest BCUT2D eigenvalue weighted by Gasteiger charge is 2.31. The molecule has 0 amide bonds. The molecular formula is C14H16N2O4S. The van der Waals surface area contributed by atoms with Gasteiger partial charge in [-0.1, -0.05) is 19.1 Å². The lowest BCUT2D eigenvalue weighted by Crippen LogP contribution is -2.35. The van der Waals surface area contributed by atoms with Gasteiger partial charge in [-0.2, -0.15) is 4.31 Å². The summed E-state index contributed by atoms with van der Waals surface area (Å²) in [6.45, 7) is 2.32. The van der Waals surface area contributed by atoms with E-state index < -0.39 is 15.8 Å². The van der Waals surface area contributed by atoms with Crippen LogP contribution in [0.2, 0.25) is 0 Å². The molecule has 0 radical (unpaired) electrons. The molecule has 2 heterocycles. The molecule has 1 aliphatic rings. The Morgan fingerprint density at radius 1 is 1.38 bits per heavy atom. The molecule has 1 unspecified atom stereocenters. The lowest BCUT2D eigenvalue weighted by atomic mass is 10.2. The van der Waals surface area contributed by atoms with E-state index in [1.165, 1.54) is 21.0 Å². The minimum absolute atomic E-state index is 0.117. The van der Waals surface area contributed by atoms with Gasteiger partial charge in [0.15, 0.2) is 5.58 Å². The molecular weight excluding hydrogens is 292 g/mol. The number of hydrogen-bond acceptors (Lipinski definition) is 4. The zero-order chi connectivity index (χ0) is 15.2. The minimum atomic E-state index is -3.60. The van der Waals surface area contributed by atoms with Crippen LogP contribution < -0.4 is 5.76 Å². The summed E-state index contributed by atoms with van der Waals surface area (Å²) < 4.78 is 33.3. The van der Waals surface area contributed by atoms with E-state index in [1.54, 1.807) is 13.1 Å². The first-order chi connectivity index (χ1) is 9.95. The van der Waals surface area contributed by atoms with E-state index in [1.807, 2.05) is 19.1 Å². The molecule has 2 aromatic rings. The van der Waals surface area contributed by atoms with Crippen LogP contribution in [0.3, 0.4) is 0 Å². The average molecular weight is 308 g/mol. The third-order valence-corrected chi connectivity index (χ3v) is 5.69. The Hall–Kier alpha value is -1.86. The molecule has 0 spiro atoms. The average Bonchev–Trinajstić information content (AvgIpc) is 3.04. The quantitative estimate of drug-likeness (QED) is 0.805. The van der Waals surface area contributed by atoms with Crippen LogP contribution in [0.15, 0.2) is 44.5 Å². The van der Waals surface area contributed by atoms with Crippen LogP contribution >= 0.6 is 0 Å². The van der Waals surface area contributed by atoms with Crippen molar-refractivity contribution in [1.82, 2.24) is 8.87 Å². The number of hydrogen-bond donors (Lipinski definition) is 0. The van der Waals surface area contributed by atoms with Crippen molar-refractivity contribution in [3.63, 3.8) is 0 Å². The summed E-state index contributed by atoms with van der Waals surface area (Å²) in [7, 11) is -2.01.